The molecule has 2 saturated heterocycles. The van der Waals surface area contributed by atoms with Gasteiger partial charge in [0.15, 0.2) is 6.61 Å². The number of hydrogen-bond donors (Lipinski definition) is 3. The Hall–Kier alpha value is -2.10. The fraction of sp³-hybridized carbons (Fsp3) is 0.500. The Bertz CT molecular complexity index is 1200. The quantitative estimate of drug-likeness (QED) is 0.175. The smallest absolute Gasteiger partial charge is 0.545 e. The van der Waals surface area contributed by atoms with Crippen LogP contribution >= 0.6 is 11.8 Å². The van der Waals surface area contributed by atoms with Crippen LogP contribution in [0, 0.1) is 11.8 Å². The number of anilines is 1. The predicted molar refractivity (Wildman–Crippen MR) is 126 cm³/mol. The van der Waals surface area contributed by atoms with Crippen molar-refractivity contribution in [2.75, 3.05) is 18.5 Å². The van der Waals surface area contributed by atoms with Gasteiger partial charge in [-0.05, 0) is 31.0 Å². The van der Waals surface area contributed by atoms with Gasteiger partial charge in [0.05, 0.1) is 30.1 Å². The summed E-state index contributed by atoms with van der Waals surface area (Å²) < 4.78 is 42.5. The zero-order valence-corrected chi connectivity index (χ0v) is 24.1. The van der Waals surface area contributed by atoms with Crippen LogP contribution in [-0.2, 0) is 19.1 Å². The second kappa shape index (κ2) is 12.2. The van der Waals surface area contributed by atoms with Crippen LogP contribution in [0.3, 0.4) is 0 Å². The molecule has 2 fully saturated rings. The molecule has 3 aliphatic heterocycles. The zero-order chi connectivity index (χ0) is 27.9. The summed E-state index contributed by atoms with van der Waals surface area (Å²) >= 11 is 1.18. The van der Waals surface area contributed by atoms with E-state index >= 15 is 0 Å². The van der Waals surface area contributed by atoms with Crippen molar-refractivity contribution >= 4 is 41.2 Å². The topological polar surface area (TPSA) is 148 Å². The van der Waals surface area contributed by atoms with Gasteiger partial charge >= 0.3 is 41.7 Å². The number of hydrogen-bond acceptors (Lipinski definition) is 9. The minimum Gasteiger partial charge on any atom is -0.545 e. The molecule has 4 rings (SSSR count). The summed E-state index contributed by atoms with van der Waals surface area (Å²) in [5.41, 5.74) is -0.0912. The van der Waals surface area contributed by atoms with Gasteiger partial charge < -0.3 is 35.3 Å². The number of benzene rings is 1. The van der Waals surface area contributed by atoms with Crippen LogP contribution in [0.5, 0.6) is 0 Å². The first-order valence-corrected chi connectivity index (χ1v) is 12.7. The van der Waals surface area contributed by atoms with Crippen molar-refractivity contribution in [2.45, 2.75) is 49.9 Å². The summed E-state index contributed by atoms with van der Waals surface area (Å²) in [4.78, 5) is 50.7. The molecule has 3 heterocycles. The van der Waals surface area contributed by atoms with Crippen molar-refractivity contribution in [1.82, 2.24) is 10.2 Å². The predicted octanol–water partition coefficient (Wildman–Crippen LogP) is -2.37. The van der Waals surface area contributed by atoms with Crippen LogP contribution in [0.1, 0.15) is 30.6 Å². The average molecular weight is 580 g/mol. The first-order valence-electron chi connectivity index (χ1n) is 11.8. The van der Waals surface area contributed by atoms with E-state index in [1.807, 2.05) is 0 Å². The molecule has 206 valence electrons. The zero-order valence-electron chi connectivity index (χ0n) is 21.3. The minimum absolute atomic E-state index is 0. The summed E-state index contributed by atoms with van der Waals surface area (Å²) in [5.74, 6) is -4.90. The number of rotatable bonds is 8. The van der Waals surface area contributed by atoms with Crippen LogP contribution in [0.15, 0.2) is 34.9 Å². The molecule has 3 N–H and O–H groups in total. The van der Waals surface area contributed by atoms with Gasteiger partial charge in [0.1, 0.15) is 5.70 Å². The Balaban J connectivity index is 0.00000420. The molecule has 3 aliphatic rings. The number of alkyl halides is 3. The van der Waals surface area contributed by atoms with Crippen LogP contribution in [0.25, 0.3) is 0 Å². The number of nitrogens with one attached hydrogen (secondary N) is 2. The Kier molecular flexibility index (Phi) is 9.82. The number of thioether (sulfide) groups is 1. The van der Waals surface area contributed by atoms with Gasteiger partial charge in [0.25, 0.3) is 0 Å². The molecule has 2 amide bonds. The Morgan fingerprint density at radius 3 is 2.64 bits per heavy atom. The summed E-state index contributed by atoms with van der Waals surface area (Å²) in [6.45, 7) is 1.68. The molecule has 0 spiro atoms. The molecular formula is C24H25F3N3NaO7S. The number of fused-ring (bicyclic) bond motifs is 1. The number of carbonyl (C=O) groups is 4. The number of ether oxygens (including phenoxy) is 1. The number of aromatic carboxylic acids is 1. The number of nitrogens with zero attached hydrogens (tertiary/aromatic N) is 1. The van der Waals surface area contributed by atoms with Crippen molar-refractivity contribution in [3.63, 3.8) is 0 Å². The molecule has 0 bridgehead atoms. The van der Waals surface area contributed by atoms with Gasteiger partial charge in [-0.2, -0.15) is 13.2 Å². The Morgan fingerprint density at radius 2 is 2.03 bits per heavy atom. The van der Waals surface area contributed by atoms with E-state index in [2.05, 4.69) is 15.4 Å². The number of aliphatic hydroxyl groups excluding tert-OH is 1. The van der Waals surface area contributed by atoms with E-state index < -0.39 is 66.6 Å². The molecule has 15 heteroatoms. The van der Waals surface area contributed by atoms with Crippen LogP contribution in [-0.4, -0.2) is 76.5 Å². The monoisotopic (exact) mass is 579 g/mol. The first-order chi connectivity index (χ1) is 17.8. The third-order valence-electron chi connectivity index (χ3n) is 6.74. The van der Waals surface area contributed by atoms with Gasteiger partial charge in [-0.1, -0.05) is 19.1 Å². The minimum atomic E-state index is -4.75. The Labute approximate surface area is 248 Å². The summed E-state index contributed by atoms with van der Waals surface area (Å²) in [6, 6.07) is 4.31. The van der Waals surface area contributed by atoms with Crippen molar-refractivity contribution in [1.29, 1.82) is 0 Å². The second-order valence-corrected chi connectivity index (χ2v) is 10.8. The SMILES string of the molecule is C[C@@H](O)[C@H]1C(=O)N2C(C(=O)OCC(F)(F)F)=C(S[C@@H]3CN[C@H](C(=O)Nc4cccc(C(=O)[O-])c4)C3)[C@H](C)[C@H]12.[Na+]. The molecule has 0 radical (unpaired) electrons. The van der Waals surface area contributed by atoms with E-state index in [0.29, 0.717) is 11.4 Å². The molecular weight excluding hydrogens is 554 g/mol. The number of aliphatic hydroxyl groups is 1. The molecule has 0 aromatic heterocycles. The molecule has 6 atom stereocenters. The van der Waals surface area contributed by atoms with Crippen molar-refractivity contribution in [2.24, 2.45) is 11.8 Å². The van der Waals surface area contributed by atoms with Crippen molar-refractivity contribution < 1.29 is 76.9 Å². The van der Waals surface area contributed by atoms with Crippen LogP contribution in [0.4, 0.5) is 18.9 Å². The number of esters is 1. The molecule has 39 heavy (non-hydrogen) atoms. The number of carboxylic acids is 1. The molecule has 1 aromatic rings. The Morgan fingerprint density at radius 1 is 1.33 bits per heavy atom. The molecule has 10 nitrogen and oxygen atoms in total. The van der Waals surface area contributed by atoms with E-state index in [0.717, 1.165) is 4.90 Å². The average Bonchev–Trinajstić information content (AvgIpc) is 3.39. The third-order valence-corrected chi connectivity index (χ3v) is 8.25. The maximum absolute atomic E-state index is 12.8. The maximum atomic E-state index is 12.8. The van der Waals surface area contributed by atoms with Gasteiger partial charge in [0, 0.05) is 28.3 Å². The van der Waals surface area contributed by atoms with E-state index in [1.54, 1.807) is 6.92 Å². The number of carbonyl (C=O) groups excluding carboxylic acids is 4. The van der Waals surface area contributed by atoms with Gasteiger partial charge in [-0.15, -0.1) is 11.8 Å². The normalized spacial score (nSPS) is 26.9. The van der Waals surface area contributed by atoms with Crippen molar-refractivity contribution in [3.8, 4) is 0 Å². The van der Waals surface area contributed by atoms with Crippen molar-refractivity contribution in [3.05, 3.63) is 40.4 Å². The van der Waals surface area contributed by atoms with Gasteiger partial charge in [-0.25, -0.2) is 4.79 Å². The number of β-lactam (4-membered cyclic amide) rings is 1. The number of carboxylic acid groups (broad SMARTS) is 1. The number of halogens is 3. The second-order valence-electron chi connectivity index (χ2n) is 9.45. The molecule has 1 aromatic carbocycles. The third kappa shape index (κ3) is 6.63. The molecule has 0 saturated carbocycles. The van der Waals surface area contributed by atoms with E-state index in [9.17, 15) is 42.6 Å². The standard InChI is InChI=1S/C24H26F3N3O7S.Na/c1-10-17-16(11(2)31)21(33)30(17)18(23(36)37-9-24(25,26)27)19(10)38-14-7-15(28-8-14)20(32)29-13-5-3-4-12(6-13)22(34)35;/h3-6,10-11,14-17,28,31H,7-9H2,1-2H3,(H,29,32)(H,34,35);/q;+1/p-1/t10-,11-,14+,15+,16-,17-;/m1./s1. The fourth-order valence-electron chi connectivity index (χ4n) is 5.01. The van der Waals surface area contributed by atoms with Gasteiger partial charge in [0.2, 0.25) is 11.8 Å². The maximum Gasteiger partial charge on any atom is 1.00 e. The van der Waals surface area contributed by atoms with E-state index in [4.69, 9.17) is 0 Å². The van der Waals surface area contributed by atoms with Gasteiger partial charge in [-0.3, -0.25) is 9.59 Å². The van der Waals surface area contributed by atoms with Crippen LogP contribution in [0.2, 0.25) is 0 Å². The largest absolute Gasteiger partial charge is 1.00 e. The summed E-state index contributed by atoms with van der Waals surface area (Å²) in [6.07, 6.45) is -5.47. The summed E-state index contributed by atoms with van der Waals surface area (Å²) in [5, 5.41) is 26.5. The van der Waals surface area contributed by atoms with E-state index in [1.165, 1.54) is 43.0 Å². The molecule has 0 aliphatic carbocycles. The number of amides is 2. The molecule has 0 unspecified atom stereocenters. The van der Waals surface area contributed by atoms with Crippen LogP contribution < -0.4 is 45.3 Å². The van der Waals surface area contributed by atoms with E-state index in [-0.39, 0.29) is 58.2 Å². The fourth-order valence-corrected chi connectivity index (χ4v) is 6.49. The first kappa shape index (κ1) is 31.4. The summed E-state index contributed by atoms with van der Waals surface area (Å²) in [7, 11) is 0.